The van der Waals surface area contributed by atoms with E-state index in [1.165, 1.54) is 23.5 Å². The van der Waals surface area contributed by atoms with Gasteiger partial charge in [0.15, 0.2) is 0 Å². The van der Waals surface area contributed by atoms with Crippen LogP contribution in [0.3, 0.4) is 0 Å². The van der Waals surface area contributed by atoms with Crippen LogP contribution in [0.5, 0.6) is 0 Å². The molecule has 0 amide bonds. The van der Waals surface area contributed by atoms with Crippen LogP contribution in [0, 0.1) is 17.1 Å². The van der Waals surface area contributed by atoms with Gasteiger partial charge in [-0.05, 0) is 23.8 Å². The number of benzene rings is 1. The molecule has 0 radical (unpaired) electrons. The summed E-state index contributed by atoms with van der Waals surface area (Å²) in [5.74, 6) is -0.274. The van der Waals surface area contributed by atoms with Crippen molar-refractivity contribution in [3.05, 3.63) is 41.0 Å². The van der Waals surface area contributed by atoms with Crippen molar-refractivity contribution in [1.29, 1.82) is 5.26 Å². The standard InChI is InChI=1S/C11H7FN2S/c12-8-3-1-7(2-4-8)10-5-9(14)11(6-13)15-10/h1-5H,14H2. The van der Waals surface area contributed by atoms with E-state index in [2.05, 4.69) is 0 Å². The lowest BCUT2D eigenvalue weighted by atomic mass is 10.2. The van der Waals surface area contributed by atoms with Crippen LogP contribution < -0.4 is 5.73 Å². The van der Waals surface area contributed by atoms with Crippen molar-refractivity contribution in [2.24, 2.45) is 0 Å². The maximum absolute atomic E-state index is 12.7. The highest BCUT2D eigenvalue weighted by atomic mass is 32.1. The molecule has 0 saturated heterocycles. The first-order valence-electron chi connectivity index (χ1n) is 4.26. The lowest BCUT2D eigenvalue weighted by Gasteiger charge is -1.95. The zero-order chi connectivity index (χ0) is 10.8. The predicted octanol–water partition coefficient (Wildman–Crippen LogP) is 3.01. The molecular formula is C11H7FN2S. The Kier molecular flexibility index (Phi) is 2.40. The molecule has 0 fully saturated rings. The van der Waals surface area contributed by atoms with Crippen LogP contribution in [0.1, 0.15) is 4.88 Å². The monoisotopic (exact) mass is 218 g/mol. The Morgan fingerprint density at radius 3 is 2.47 bits per heavy atom. The second-order valence-electron chi connectivity index (χ2n) is 3.01. The number of hydrogen-bond acceptors (Lipinski definition) is 3. The summed E-state index contributed by atoms with van der Waals surface area (Å²) in [5.41, 5.74) is 6.98. The van der Waals surface area contributed by atoms with Crippen molar-refractivity contribution in [2.75, 3.05) is 5.73 Å². The van der Waals surface area contributed by atoms with Crippen LogP contribution >= 0.6 is 11.3 Å². The summed E-state index contributed by atoms with van der Waals surface area (Å²) in [4.78, 5) is 1.37. The summed E-state index contributed by atoms with van der Waals surface area (Å²) >= 11 is 1.31. The minimum atomic E-state index is -0.274. The SMILES string of the molecule is N#Cc1sc(-c2ccc(F)cc2)cc1N. The van der Waals surface area contributed by atoms with Crippen molar-refractivity contribution >= 4 is 17.0 Å². The fraction of sp³-hybridized carbons (Fsp3) is 0. The highest BCUT2D eigenvalue weighted by Crippen LogP contribution is 2.32. The largest absolute Gasteiger partial charge is 0.397 e. The van der Waals surface area contributed by atoms with Gasteiger partial charge >= 0.3 is 0 Å². The van der Waals surface area contributed by atoms with E-state index in [4.69, 9.17) is 11.0 Å². The second kappa shape index (κ2) is 3.71. The smallest absolute Gasteiger partial charge is 0.128 e. The molecule has 2 N–H and O–H groups in total. The van der Waals surface area contributed by atoms with Gasteiger partial charge in [0.1, 0.15) is 16.8 Å². The third kappa shape index (κ3) is 1.83. The van der Waals surface area contributed by atoms with Gasteiger partial charge in [-0.3, -0.25) is 0 Å². The highest BCUT2D eigenvalue weighted by molar-refractivity contribution is 7.16. The van der Waals surface area contributed by atoms with E-state index in [0.29, 0.717) is 10.6 Å². The average molecular weight is 218 g/mol. The van der Waals surface area contributed by atoms with Crippen LogP contribution in [0.4, 0.5) is 10.1 Å². The van der Waals surface area contributed by atoms with E-state index < -0.39 is 0 Å². The number of nitriles is 1. The van der Waals surface area contributed by atoms with Gasteiger partial charge in [0.2, 0.25) is 0 Å². The Balaban J connectivity index is 2.46. The first-order valence-corrected chi connectivity index (χ1v) is 5.07. The molecule has 0 aliphatic rings. The average Bonchev–Trinajstić information content (AvgIpc) is 2.61. The summed E-state index contributed by atoms with van der Waals surface area (Å²) in [6.45, 7) is 0. The van der Waals surface area contributed by atoms with Crippen LogP contribution in [0.15, 0.2) is 30.3 Å². The van der Waals surface area contributed by atoms with Gasteiger partial charge in [-0.2, -0.15) is 5.26 Å². The Morgan fingerprint density at radius 2 is 1.93 bits per heavy atom. The lowest BCUT2D eigenvalue weighted by Crippen LogP contribution is -1.81. The first-order chi connectivity index (χ1) is 7.20. The maximum atomic E-state index is 12.7. The number of nitrogens with two attached hydrogens (primary N) is 1. The van der Waals surface area contributed by atoms with Crippen LogP contribution in [-0.2, 0) is 0 Å². The van der Waals surface area contributed by atoms with Crippen molar-refractivity contribution in [1.82, 2.24) is 0 Å². The molecule has 2 rings (SSSR count). The molecule has 0 spiro atoms. The molecular weight excluding hydrogens is 211 g/mol. The minimum absolute atomic E-state index is 0.274. The number of nitrogens with zero attached hydrogens (tertiary/aromatic N) is 1. The fourth-order valence-corrected chi connectivity index (χ4v) is 2.13. The molecule has 0 bridgehead atoms. The molecule has 2 aromatic rings. The van der Waals surface area contributed by atoms with E-state index in [-0.39, 0.29) is 5.82 Å². The van der Waals surface area contributed by atoms with E-state index >= 15 is 0 Å². The zero-order valence-corrected chi connectivity index (χ0v) is 8.51. The number of halogens is 1. The van der Waals surface area contributed by atoms with Crippen LogP contribution in [-0.4, -0.2) is 0 Å². The van der Waals surface area contributed by atoms with Gasteiger partial charge in [0.05, 0.1) is 5.69 Å². The third-order valence-corrected chi connectivity index (χ3v) is 3.10. The minimum Gasteiger partial charge on any atom is -0.397 e. The number of hydrogen-bond donors (Lipinski definition) is 1. The summed E-state index contributed by atoms with van der Waals surface area (Å²) in [5, 5.41) is 8.74. The molecule has 0 aliphatic carbocycles. The zero-order valence-electron chi connectivity index (χ0n) is 7.70. The topological polar surface area (TPSA) is 49.8 Å². The molecule has 4 heteroatoms. The first kappa shape index (κ1) is 9.69. The van der Waals surface area contributed by atoms with Gasteiger partial charge in [-0.25, -0.2) is 4.39 Å². The van der Waals surface area contributed by atoms with Crippen molar-refractivity contribution in [3.8, 4) is 16.5 Å². The Labute approximate surface area is 90.4 Å². The molecule has 74 valence electrons. The van der Waals surface area contributed by atoms with Gasteiger partial charge in [-0.1, -0.05) is 12.1 Å². The van der Waals surface area contributed by atoms with Crippen molar-refractivity contribution in [2.45, 2.75) is 0 Å². The van der Waals surface area contributed by atoms with Gasteiger partial charge in [-0.15, -0.1) is 11.3 Å². The summed E-state index contributed by atoms with van der Waals surface area (Å²) in [7, 11) is 0. The number of thiophene rings is 1. The molecule has 0 unspecified atom stereocenters. The Morgan fingerprint density at radius 1 is 1.27 bits per heavy atom. The summed E-state index contributed by atoms with van der Waals surface area (Å²) < 4.78 is 12.7. The number of nitrogen functional groups attached to an aromatic ring is 1. The number of anilines is 1. The molecule has 2 nitrogen and oxygen atoms in total. The molecule has 1 heterocycles. The molecule has 1 aromatic heterocycles. The number of rotatable bonds is 1. The normalized spacial score (nSPS) is 9.87. The fourth-order valence-electron chi connectivity index (χ4n) is 1.25. The molecule has 0 atom stereocenters. The van der Waals surface area contributed by atoms with E-state index in [0.717, 1.165) is 10.4 Å². The second-order valence-corrected chi connectivity index (χ2v) is 4.07. The van der Waals surface area contributed by atoms with E-state index in [9.17, 15) is 4.39 Å². The van der Waals surface area contributed by atoms with Crippen molar-refractivity contribution in [3.63, 3.8) is 0 Å². The van der Waals surface area contributed by atoms with Gasteiger partial charge in [0.25, 0.3) is 0 Å². The molecule has 15 heavy (non-hydrogen) atoms. The molecule has 0 saturated carbocycles. The van der Waals surface area contributed by atoms with E-state index in [1.54, 1.807) is 18.2 Å². The van der Waals surface area contributed by atoms with Gasteiger partial charge < -0.3 is 5.73 Å². The van der Waals surface area contributed by atoms with Crippen molar-refractivity contribution < 1.29 is 4.39 Å². The highest BCUT2D eigenvalue weighted by Gasteiger charge is 2.07. The van der Waals surface area contributed by atoms with E-state index in [1.807, 2.05) is 6.07 Å². The Bertz CT molecular complexity index is 523. The third-order valence-electron chi connectivity index (χ3n) is 1.99. The molecule has 0 aliphatic heterocycles. The van der Waals surface area contributed by atoms with Gasteiger partial charge in [0, 0.05) is 4.88 Å². The quantitative estimate of drug-likeness (QED) is 0.799. The maximum Gasteiger partial charge on any atom is 0.128 e. The van der Waals surface area contributed by atoms with Crippen LogP contribution in [0.25, 0.3) is 10.4 Å². The summed E-state index contributed by atoms with van der Waals surface area (Å²) in [6, 6.07) is 9.86. The van der Waals surface area contributed by atoms with Crippen LogP contribution in [0.2, 0.25) is 0 Å². The Hall–Kier alpha value is -1.86. The summed E-state index contributed by atoms with van der Waals surface area (Å²) in [6.07, 6.45) is 0. The predicted molar refractivity (Wildman–Crippen MR) is 58.8 cm³/mol. The lowest BCUT2D eigenvalue weighted by molar-refractivity contribution is 0.628. The molecule has 1 aromatic carbocycles.